The largest absolute Gasteiger partial charge is 0.497 e. The highest BCUT2D eigenvalue weighted by molar-refractivity contribution is 6.07. The molecule has 0 bridgehead atoms. The first-order chi connectivity index (χ1) is 13.9. The van der Waals surface area contributed by atoms with Gasteiger partial charge in [0.15, 0.2) is 0 Å². The minimum Gasteiger partial charge on any atom is -0.497 e. The fraction of sp³-hybridized carbons (Fsp3) is 0.545. The molecule has 0 unspecified atom stereocenters. The zero-order valence-electron chi connectivity index (χ0n) is 17.7. The molecule has 2 aliphatic rings. The summed E-state index contributed by atoms with van der Waals surface area (Å²) in [6.07, 6.45) is 1.91. The number of benzene rings is 1. The van der Waals surface area contributed by atoms with Gasteiger partial charge in [-0.15, -0.1) is 0 Å². The van der Waals surface area contributed by atoms with E-state index >= 15 is 0 Å². The summed E-state index contributed by atoms with van der Waals surface area (Å²) in [4.78, 5) is 27.6. The van der Waals surface area contributed by atoms with Crippen molar-refractivity contribution in [1.29, 1.82) is 0 Å². The Labute approximate surface area is 172 Å². The van der Waals surface area contributed by atoms with E-state index in [0.717, 1.165) is 36.7 Å². The number of nitrogens with one attached hydrogen (secondary N) is 1. The van der Waals surface area contributed by atoms with E-state index in [1.54, 1.807) is 21.1 Å². The lowest BCUT2D eigenvalue weighted by molar-refractivity contribution is -0.150. The average molecular weight is 402 g/mol. The van der Waals surface area contributed by atoms with Crippen LogP contribution in [0.25, 0.3) is 0 Å². The molecule has 29 heavy (non-hydrogen) atoms. The molecule has 0 aliphatic carbocycles. The van der Waals surface area contributed by atoms with Gasteiger partial charge in [0, 0.05) is 44.1 Å². The predicted molar refractivity (Wildman–Crippen MR) is 109 cm³/mol. The van der Waals surface area contributed by atoms with Gasteiger partial charge in [0.1, 0.15) is 17.1 Å². The molecular weight excluding hydrogens is 372 g/mol. The fourth-order valence-corrected chi connectivity index (χ4v) is 4.17. The van der Waals surface area contributed by atoms with Gasteiger partial charge in [0.25, 0.3) is 5.91 Å². The lowest BCUT2D eigenvalue weighted by Gasteiger charge is -2.39. The van der Waals surface area contributed by atoms with Crippen molar-refractivity contribution in [2.75, 3.05) is 40.4 Å². The van der Waals surface area contributed by atoms with Crippen LogP contribution in [0.3, 0.4) is 0 Å². The highest BCUT2D eigenvalue weighted by Crippen LogP contribution is 2.41. The normalized spacial score (nSPS) is 18.7. The lowest BCUT2D eigenvalue weighted by Crippen LogP contribution is -2.48. The Kier molecular flexibility index (Phi) is 6.47. The Morgan fingerprint density at radius 1 is 1.24 bits per heavy atom. The molecule has 1 aromatic carbocycles. The molecule has 3 rings (SSSR count). The van der Waals surface area contributed by atoms with Crippen LogP contribution in [-0.2, 0) is 20.7 Å². The smallest absolute Gasteiger partial charge is 0.335 e. The van der Waals surface area contributed by atoms with Crippen LogP contribution in [-0.4, -0.2) is 62.8 Å². The zero-order valence-corrected chi connectivity index (χ0v) is 17.7. The number of carbonyl (C=O) groups is 2. The van der Waals surface area contributed by atoms with Gasteiger partial charge < -0.3 is 24.4 Å². The van der Waals surface area contributed by atoms with Crippen molar-refractivity contribution < 1.29 is 23.8 Å². The van der Waals surface area contributed by atoms with Crippen molar-refractivity contribution in [2.24, 2.45) is 0 Å². The molecule has 0 saturated carbocycles. The first-order valence-corrected chi connectivity index (χ1v) is 10.1. The number of carbonyl (C=O) groups excluding carboxylic acids is 2. The number of hydrogen-bond donors (Lipinski definition) is 1. The van der Waals surface area contributed by atoms with Gasteiger partial charge in [-0.1, -0.05) is 13.0 Å². The molecule has 158 valence electrons. The topological polar surface area (TPSA) is 77.1 Å². The van der Waals surface area contributed by atoms with E-state index < -0.39 is 5.60 Å². The van der Waals surface area contributed by atoms with E-state index in [2.05, 4.69) is 17.1 Å². The van der Waals surface area contributed by atoms with Crippen molar-refractivity contribution in [3.8, 4) is 11.5 Å². The van der Waals surface area contributed by atoms with Gasteiger partial charge in [-0.2, -0.15) is 0 Å². The molecule has 0 radical (unpaired) electrons. The molecule has 1 aromatic rings. The Bertz CT molecular complexity index is 809. The molecule has 1 N–H and O–H groups in total. The Hall–Kier alpha value is -2.54. The maximum Gasteiger partial charge on any atom is 0.335 e. The second-order valence-corrected chi connectivity index (χ2v) is 7.50. The van der Waals surface area contributed by atoms with E-state index in [9.17, 15) is 9.59 Å². The summed E-state index contributed by atoms with van der Waals surface area (Å²) in [6, 6.07) is 5.62. The van der Waals surface area contributed by atoms with Crippen LogP contribution in [0.5, 0.6) is 11.5 Å². The lowest BCUT2D eigenvalue weighted by atomic mass is 9.82. The molecule has 1 saturated heterocycles. The molecule has 0 atom stereocenters. The van der Waals surface area contributed by atoms with Crippen molar-refractivity contribution in [3.63, 3.8) is 0 Å². The standard InChI is InChI=1S/C22H30N2O5/c1-5-24-12-9-22(10-13-24)19(15(2)21(26)29-22)20(25)23-11-8-16-6-7-17(27-3)14-18(16)28-4/h6-7,14H,5,8-13H2,1-4H3,(H,23,25). The second-order valence-electron chi connectivity index (χ2n) is 7.50. The van der Waals surface area contributed by atoms with Crippen LogP contribution in [0.1, 0.15) is 32.3 Å². The van der Waals surface area contributed by atoms with Gasteiger partial charge in [-0.25, -0.2) is 4.79 Å². The van der Waals surface area contributed by atoms with Crippen molar-refractivity contribution in [3.05, 3.63) is 34.9 Å². The van der Waals surface area contributed by atoms with Crippen LogP contribution >= 0.6 is 0 Å². The molecule has 1 spiro atoms. The molecule has 2 aliphatic heterocycles. The summed E-state index contributed by atoms with van der Waals surface area (Å²) >= 11 is 0. The highest BCUT2D eigenvalue weighted by Gasteiger charge is 2.50. The predicted octanol–water partition coefficient (Wildman–Crippen LogP) is 2.09. The zero-order chi connectivity index (χ0) is 21.0. The van der Waals surface area contributed by atoms with Crippen molar-refractivity contribution >= 4 is 11.9 Å². The summed E-state index contributed by atoms with van der Waals surface area (Å²) < 4.78 is 16.4. The summed E-state index contributed by atoms with van der Waals surface area (Å²) in [5, 5.41) is 2.97. The quantitative estimate of drug-likeness (QED) is 0.704. The number of rotatable bonds is 7. The SMILES string of the molecule is CCN1CCC2(CC1)OC(=O)C(C)=C2C(=O)NCCc1ccc(OC)cc1OC. The van der Waals surface area contributed by atoms with Crippen LogP contribution in [0.4, 0.5) is 0 Å². The average Bonchev–Trinajstić information content (AvgIpc) is 2.98. The van der Waals surface area contributed by atoms with Crippen LogP contribution < -0.4 is 14.8 Å². The summed E-state index contributed by atoms with van der Waals surface area (Å²) in [6.45, 7) is 6.82. The minimum absolute atomic E-state index is 0.217. The van der Waals surface area contributed by atoms with E-state index in [4.69, 9.17) is 14.2 Å². The van der Waals surface area contributed by atoms with Crippen LogP contribution in [0.15, 0.2) is 29.3 Å². The van der Waals surface area contributed by atoms with Crippen molar-refractivity contribution in [2.45, 2.75) is 38.7 Å². The van der Waals surface area contributed by atoms with E-state index in [1.807, 2.05) is 18.2 Å². The molecule has 2 heterocycles. The molecular formula is C22H30N2O5. The monoisotopic (exact) mass is 402 g/mol. The third kappa shape index (κ3) is 4.24. The number of esters is 1. The Balaban J connectivity index is 1.67. The highest BCUT2D eigenvalue weighted by atomic mass is 16.6. The second kappa shape index (κ2) is 8.86. The number of nitrogens with zero attached hydrogens (tertiary/aromatic N) is 1. The van der Waals surface area contributed by atoms with E-state index in [1.165, 1.54) is 0 Å². The van der Waals surface area contributed by atoms with Gasteiger partial charge in [0.05, 0.1) is 19.8 Å². The maximum atomic E-state index is 13.0. The fourth-order valence-electron chi connectivity index (χ4n) is 4.17. The summed E-state index contributed by atoms with van der Waals surface area (Å²) in [5.41, 5.74) is 1.12. The number of likely N-dealkylation sites (tertiary alicyclic amines) is 1. The van der Waals surface area contributed by atoms with Gasteiger partial charge in [-0.05, 0) is 31.5 Å². The van der Waals surface area contributed by atoms with Gasteiger partial charge >= 0.3 is 5.97 Å². The summed E-state index contributed by atoms with van der Waals surface area (Å²) in [7, 11) is 3.22. The molecule has 0 aromatic heterocycles. The van der Waals surface area contributed by atoms with Crippen molar-refractivity contribution in [1.82, 2.24) is 10.2 Å². The maximum absolute atomic E-state index is 13.0. The number of hydrogen-bond acceptors (Lipinski definition) is 6. The first-order valence-electron chi connectivity index (χ1n) is 10.1. The van der Waals surface area contributed by atoms with Crippen LogP contribution in [0.2, 0.25) is 0 Å². The molecule has 7 nitrogen and oxygen atoms in total. The molecule has 7 heteroatoms. The number of ether oxygens (including phenoxy) is 3. The third-order valence-corrected chi connectivity index (χ3v) is 5.94. The Morgan fingerprint density at radius 2 is 1.97 bits per heavy atom. The van der Waals surface area contributed by atoms with Crippen LogP contribution in [0, 0.1) is 0 Å². The molecule has 1 fully saturated rings. The number of methoxy groups -OCH3 is 2. The first kappa shape index (κ1) is 21.2. The van der Waals surface area contributed by atoms with E-state index in [-0.39, 0.29) is 11.9 Å². The molecule has 1 amide bonds. The number of amides is 1. The van der Waals surface area contributed by atoms with E-state index in [0.29, 0.717) is 37.0 Å². The number of piperidine rings is 1. The Morgan fingerprint density at radius 3 is 2.59 bits per heavy atom. The van der Waals surface area contributed by atoms with Gasteiger partial charge in [-0.3, -0.25) is 4.79 Å². The third-order valence-electron chi connectivity index (χ3n) is 5.94. The minimum atomic E-state index is -0.783. The van der Waals surface area contributed by atoms with Gasteiger partial charge in [0.2, 0.25) is 0 Å². The summed E-state index contributed by atoms with van der Waals surface area (Å²) in [5.74, 6) is 0.844.